The molecule has 1 N–H and O–H groups in total. The number of nitrogens with one attached hydrogen (secondary N) is 1. The summed E-state index contributed by atoms with van der Waals surface area (Å²) in [4.78, 5) is 17.6. The first-order chi connectivity index (χ1) is 9.86. The number of alkyl halides is 3. The van der Waals surface area contributed by atoms with Crippen LogP contribution in [-0.2, 0) is 6.18 Å². The number of likely N-dealkylation sites (tertiary alicyclic amines) is 1. The summed E-state index contributed by atoms with van der Waals surface area (Å²) in [5.74, 6) is 0.700. The SMILES string of the molecule is CN1CCCC/C1=N/C(=O)Nc1ccc(C(F)(F)F)cc1. The predicted molar refractivity (Wildman–Crippen MR) is 74.4 cm³/mol. The number of halogens is 3. The summed E-state index contributed by atoms with van der Waals surface area (Å²) >= 11 is 0. The van der Waals surface area contributed by atoms with Gasteiger partial charge in [-0.3, -0.25) is 0 Å². The summed E-state index contributed by atoms with van der Waals surface area (Å²) in [5, 5.41) is 2.47. The van der Waals surface area contributed by atoms with Gasteiger partial charge in [0, 0.05) is 25.7 Å². The highest BCUT2D eigenvalue weighted by molar-refractivity contribution is 5.99. The molecule has 1 saturated heterocycles. The Morgan fingerprint density at radius 1 is 1.24 bits per heavy atom. The van der Waals surface area contributed by atoms with Gasteiger partial charge >= 0.3 is 12.2 Å². The Kier molecular flexibility index (Phi) is 4.50. The second-order valence-electron chi connectivity index (χ2n) is 4.91. The standard InChI is InChI=1S/C14H16F3N3O/c1-20-9-3-2-4-12(20)19-13(21)18-11-7-5-10(6-8-11)14(15,16)17/h5-8H,2-4,9H2,1H3,(H,18,21)/b19-12-. The van der Waals surface area contributed by atoms with E-state index in [1.807, 2.05) is 11.9 Å². The molecule has 1 aliphatic rings. The maximum absolute atomic E-state index is 12.4. The van der Waals surface area contributed by atoms with Crippen molar-refractivity contribution in [3.63, 3.8) is 0 Å². The van der Waals surface area contributed by atoms with Crippen molar-refractivity contribution in [2.75, 3.05) is 18.9 Å². The van der Waals surface area contributed by atoms with E-state index in [0.29, 0.717) is 5.84 Å². The number of carbonyl (C=O) groups excluding carboxylic acids is 1. The molecule has 0 unspecified atom stereocenters. The lowest BCUT2D eigenvalue weighted by Crippen LogP contribution is -2.32. The Morgan fingerprint density at radius 2 is 1.90 bits per heavy atom. The van der Waals surface area contributed by atoms with E-state index in [0.717, 1.165) is 37.9 Å². The van der Waals surface area contributed by atoms with E-state index >= 15 is 0 Å². The van der Waals surface area contributed by atoms with Crippen LogP contribution in [-0.4, -0.2) is 30.4 Å². The summed E-state index contributed by atoms with van der Waals surface area (Å²) in [7, 11) is 1.86. The summed E-state index contributed by atoms with van der Waals surface area (Å²) in [6, 6.07) is 3.71. The van der Waals surface area contributed by atoms with Gasteiger partial charge < -0.3 is 10.2 Å². The molecular formula is C14H16F3N3O. The Morgan fingerprint density at radius 3 is 2.48 bits per heavy atom. The number of piperidine rings is 1. The van der Waals surface area contributed by atoms with Gasteiger partial charge in [-0.1, -0.05) is 0 Å². The zero-order chi connectivity index (χ0) is 15.5. The third-order valence-electron chi connectivity index (χ3n) is 3.28. The molecule has 0 aliphatic carbocycles. The van der Waals surface area contributed by atoms with Crippen LogP contribution >= 0.6 is 0 Å². The van der Waals surface area contributed by atoms with E-state index < -0.39 is 17.8 Å². The summed E-state index contributed by atoms with van der Waals surface area (Å²) in [6.07, 6.45) is -1.60. The molecule has 7 heteroatoms. The van der Waals surface area contributed by atoms with Crippen molar-refractivity contribution in [1.82, 2.24) is 4.90 Å². The largest absolute Gasteiger partial charge is 0.416 e. The van der Waals surface area contributed by atoms with Crippen molar-refractivity contribution >= 4 is 17.6 Å². The van der Waals surface area contributed by atoms with Crippen molar-refractivity contribution in [2.24, 2.45) is 4.99 Å². The van der Waals surface area contributed by atoms with Crippen LogP contribution in [0.3, 0.4) is 0 Å². The Labute approximate surface area is 120 Å². The number of hydrogen-bond acceptors (Lipinski definition) is 1. The quantitative estimate of drug-likeness (QED) is 0.858. The van der Waals surface area contributed by atoms with Crippen molar-refractivity contribution in [1.29, 1.82) is 0 Å². The number of urea groups is 1. The number of hydrogen-bond donors (Lipinski definition) is 1. The molecule has 1 aromatic carbocycles. The highest BCUT2D eigenvalue weighted by Crippen LogP contribution is 2.29. The second-order valence-corrected chi connectivity index (χ2v) is 4.91. The highest BCUT2D eigenvalue weighted by Gasteiger charge is 2.29. The Bertz CT molecular complexity index is 537. The lowest BCUT2D eigenvalue weighted by molar-refractivity contribution is -0.137. The number of nitrogens with zero attached hydrogens (tertiary/aromatic N) is 2. The Balaban J connectivity index is 2.01. The molecule has 1 aliphatic heterocycles. The molecule has 0 aromatic heterocycles. The van der Waals surface area contributed by atoms with Crippen LogP contribution in [0, 0.1) is 0 Å². The Hall–Kier alpha value is -2.05. The molecule has 114 valence electrons. The minimum Gasteiger partial charge on any atom is -0.363 e. The smallest absolute Gasteiger partial charge is 0.363 e. The summed E-state index contributed by atoms with van der Waals surface area (Å²) in [5.41, 5.74) is -0.463. The molecule has 0 atom stereocenters. The third-order valence-corrected chi connectivity index (χ3v) is 3.28. The molecule has 0 radical (unpaired) electrons. The fraction of sp³-hybridized carbons (Fsp3) is 0.429. The average Bonchev–Trinajstić information content (AvgIpc) is 2.41. The van der Waals surface area contributed by atoms with E-state index in [-0.39, 0.29) is 5.69 Å². The molecule has 0 saturated carbocycles. The lowest BCUT2D eigenvalue weighted by Gasteiger charge is -2.25. The summed E-state index contributed by atoms with van der Waals surface area (Å²) in [6.45, 7) is 0.854. The monoisotopic (exact) mass is 299 g/mol. The molecule has 0 spiro atoms. The van der Waals surface area contributed by atoms with Crippen LogP contribution in [0.25, 0.3) is 0 Å². The zero-order valence-electron chi connectivity index (χ0n) is 11.6. The minimum atomic E-state index is -4.38. The molecule has 21 heavy (non-hydrogen) atoms. The molecule has 1 heterocycles. The molecule has 1 fully saturated rings. The normalized spacial score (nSPS) is 17.9. The molecular weight excluding hydrogens is 283 g/mol. The van der Waals surface area contributed by atoms with Gasteiger partial charge in [0.25, 0.3) is 0 Å². The first-order valence-corrected chi connectivity index (χ1v) is 6.63. The average molecular weight is 299 g/mol. The number of aliphatic imine (C=N–C) groups is 1. The minimum absolute atomic E-state index is 0.288. The fourth-order valence-electron chi connectivity index (χ4n) is 2.10. The number of rotatable bonds is 1. The first-order valence-electron chi connectivity index (χ1n) is 6.63. The maximum Gasteiger partial charge on any atom is 0.416 e. The third kappa shape index (κ3) is 4.21. The number of carbonyl (C=O) groups is 1. The van der Waals surface area contributed by atoms with E-state index in [1.54, 1.807) is 0 Å². The van der Waals surface area contributed by atoms with Crippen LogP contribution in [0.15, 0.2) is 29.3 Å². The van der Waals surface area contributed by atoms with Gasteiger partial charge in [0.1, 0.15) is 5.84 Å². The maximum atomic E-state index is 12.4. The van der Waals surface area contributed by atoms with Crippen molar-refractivity contribution in [3.05, 3.63) is 29.8 Å². The van der Waals surface area contributed by atoms with Gasteiger partial charge in [-0.05, 0) is 37.1 Å². The number of anilines is 1. The van der Waals surface area contributed by atoms with Gasteiger partial charge in [0.15, 0.2) is 0 Å². The van der Waals surface area contributed by atoms with Gasteiger partial charge in [-0.2, -0.15) is 18.2 Å². The second kappa shape index (κ2) is 6.15. The topological polar surface area (TPSA) is 44.7 Å². The molecule has 0 bridgehead atoms. The van der Waals surface area contributed by atoms with E-state index in [1.165, 1.54) is 12.1 Å². The van der Waals surface area contributed by atoms with Crippen molar-refractivity contribution in [3.8, 4) is 0 Å². The van der Waals surface area contributed by atoms with Gasteiger partial charge in [-0.25, -0.2) is 4.79 Å². The van der Waals surface area contributed by atoms with Gasteiger partial charge in [0.05, 0.1) is 5.56 Å². The van der Waals surface area contributed by atoms with E-state index in [4.69, 9.17) is 0 Å². The highest BCUT2D eigenvalue weighted by atomic mass is 19.4. The lowest BCUT2D eigenvalue weighted by atomic mass is 10.1. The van der Waals surface area contributed by atoms with Gasteiger partial charge in [0.2, 0.25) is 0 Å². The van der Waals surface area contributed by atoms with E-state index in [9.17, 15) is 18.0 Å². The van der Waals surface area contributed by atoms with Crippen molar-refractivity contribution in [2.45, 2.75) is 25.4 Å². The van der Waals surface area contributed by atoms with Crippen LogP contribution < -0.4 is 5.32 Å². The van der Waals surface area contributed by atoms with Crippen molar-refractivity contribution < 1.29 is 18.0 Å². The molecule has 2 amide bonds. The van der Waals surface area contributed by atoms with Crippen LogP contribution in [0.5, 0.6) is 0 Å². The molecule has 4 nitrogen and oxygen atoms in total. The number of benzene rings is 1. The van der Waals surface area contributed by atoms with Crippen LogP contribution in [0.4, 0.5) is 23.7 Å². The summed E-state index contributed by atoms with van der Waals surface area (Å²) < 4.78 is 37.3. The predicted octanol–water partition coefficient (Wildman–Crippen LogP) is 3.75. The molecule has 1 aromatic rings. The van der Waals surface area contributed by atoms with E-state index in [2.05, 4.69) is 10.3 Å². The van der Waals surface area contributed by atoms with Gasteiger partial charge in [-0.15, -0.1) is 0 Å². The fourth-order valence-corrected chi connectivity index (χ4v) is 2.10. The molecule has 2 rings (SSSR count). The van der Waals surface area contributed by atoms with Crippen LogP contribution in [0.2, 0.25) is 0 Å². The number of amides is 2. The van der Waals surface area contributed by atoms with Crippen LogP contribution in [0.1, 0.15) is 24.8 Å². The number of amidine groups is 1. The first kappa shape index (κ1) is 15.3. The zero-order valence-corrected chi connectivity index (χ0v) is 11.6.